The van der Waals surface area contributed by atoms with E-state index in [2.05, 4.69) is 253 Å². The monoisotopic (exact) mass is 830 g/mol. The highest BCUT2D eigenvalue weighted by Gasteiger charge is 2.51. The highest BCUT2D eigenvalue weighted by Crippen LogP contribution is 2.63. The second-order valence-electron chi connectivity index (χ2n) is 18.1. The third kappa shape index (κ3) is 5.60. The van der Waals surface area contributed by atoms with Crippen molar-refractivity contribution in [1.82, 2.24) is 0 Å². The molecule has 0 aliphatic heterocycles. The van der Waals surface area contributed by atoms with Crippen LogP contribution in [0.5, 0.6) is 0 Å². The van der Waals surface area contributed by atoms with Crippen LogP contribution in [0.15, 0.2) is 237 Å². The van der Waals surface area contributed by atoms with Crippen LogP contribution in [-0.2, 0) is 10.8 Å². The van der Waals surface area contributed by atoms with Crippen LogP contribution >= 0.6 is 0 Å². The van der Waals surface area contributed by atoms with Crippen molar-refractivity contribution in [2.75, 3.05) is 9.80 Å². The molecule has 3 aliphatic carbocycles. The van der Waals surface area contributed by atoms with Crippen LogP contribution in [-0.4, -0.2) is 0 Å². The van der Waals surface area contributed by atoms with Gasteiger partial charge in [-0.1, -0.05) is 175 Å². The Morgan fingerprint density at radius 3 is 1.45 bits per heavy atom. The number of nitrogens with zero attached hydrogens (tertiary/aromatic N) is 2. The van der Waals surface area contributed by atoms with E-state index in [9.17, 15) is 0 Å². The first-order valence-corrected chi connectivity index (χ1v) is 23.0. The average Bonchev–Trinajstić information content (AvgIpc) is 4.12. The molecule has 1 spiro atoms. The lowest BCUT2D eigenvalue weighted by molar-refractivity contribution is 0.768. The fourth-order valence-electron chi connectivity index (χ4n) is 11.6. The van der Waals surface area contributed by atoms with Gasteiger partial charge in [-0.15, -0.1) is 0 Å². The highest BCUT2D eigenvalue weighted by atomic mass is 15.1. The number of anilines is 6. The average molecular weight is 831 g/mol. The van der Waals surface area contributed by atoms with Gasteiger partial charge in [-0.25, -0.2) is 0 Å². The molecule has 2 nitrogen and oxygen atoms in total. The summed E-state index contributed by atoms with van der Waals surface area (Å²) in [4.78, 5) is 4.91. The lowest BCUT2D eigenvalue weighted by atomic mass is 9.67. The topological polar surface area (TPSA) is 6.48 Å². The van der Waals surface area contributed by atoms with Crippen molar-refractivity contribution in [3.63, 3.8) is 0 Å². The number of hydrogen-bond donors (Lipinski definition) is 0. The predicted molar refractivity (Wildman–Crippen MR) is 271 cm³/mol. The molecule has 0 bridgehead atoms. The van der Waals surface area contributed by atoms with Crippen molar-refractivity contribution in [3.8, 4) is 22.3 Å². The molecule has 0 atom stereocenters. The molecule has 65 heavy (non-hydrogen) atoms. The number of benzene rings is 10. The third-order valence-electron chi connectivity index (χ3n) is 14.6. The molecule has 2 heteroatoms. The van der Waals surface area contributed by atoms with Gasteiger partial charge in [0.2, 0.25) is 0 Å². The zero-order chi connectivity index (χ0) is 43.1. The summed E-state index contributed by atoms with van der Waals surface area (Å²) < 4.78 is 0. The van der Waals surface area contributed by atoms with Gasteiger partial charge in [-0.2, -0.15) is 0 Å². The fourth-order valence-corrected chi connectivity index (χ4v) is 11.6. The maximum atomic E-state index is 2.53. The van der Waals surface area contributed by atoms with Crippen LogP contribution in [0.4, 0.5) is 34.1 Å². The summed E-state index contributed by atoms with van der Waals surface area (Å²) in [5, 5.41) is 2.67. The second kappa shape index (κ2) is 14.6. The summed E-state index contributed by atoms with van der Waals surface area (Å²) >= 11 is 0. The van der Waals surface area contributed by atoms with Crippen LogP contribution in [0.1, 0.15) is 51.8 Å². The largest absolute Gasteiger partial charge is 0.310 e. The number of para-hydroxylation sites is 2. The Morgan fingerprint density at radius 1 is 0.338 bits per heavy atom. The molecule has 0 saturated heterocycles. The summed E-state index contributed by atoms with van der Waals surface area (Å²) in [6.07, 6.45) is 2.26. The first-order valence-electron chi connectivity index (χ1n) is 23.0. The van der Waals surface area contributed by atoms with E-state index in [0.29, 0.717) is 0 Å². The van der Waals surface area contributed by atoms with Crippen LogP contribution in [0.2, 0.25) is 0 Å². The minimum atomic E-state index is -0.489. The van der Waals surface area contributed by atoms with Crippen molar-refractivity contribution in [2.45, 2.75) is 30.6 Å². The summed E-state index contributed by atoms with van der Waals surface area (Å²) in [5.41, 5.74) is 21.0. The van der Waals surface area contributed by atoms with E-state index >= 15 is 0 Å². The smallest absolute Gasteiger partial charge is 0.0714 e. The first-order chi connectivity index (χ1) is 32.1. The zero-order valence-electron chi connectivity index (χ0n) is 36.3. The van der Waals surface area contributed by atoms with E-state index in [1.54, 1.807) is 0 Å². The van der Waals surface area contributed by atoms with Gasteiger partial charge < -0.3 is 9.80 Å². The molecule has 308 valence electrons. The minimum absolute atomic E-state index is 0.0460. The molecule has 0 heterocycles. The fraction of sp³-hybridized carbons (Fsp3) is 0.0794. The standard InChI is InChI=1S/C63H46N2/c1-43-29-31-48(32-30-43)65(47-23-12-5-13-24-47)60-38-37-54-53-36-34-49(41-58(53)62(39-40-62)57-28-16-26-55(60)61(54)57)64(46-21-10-4-11-22-46)50-33-35-52-51-25-14-15-27-56(51)63(59(52)42-50,44-17-6-2-7-18-44)45-19-8-3-9-20-45/h2-38,41-42H,39-40H2,1H3. The Kier molecular flexibility index (Phi) is 8.42. The van der Waals surface area contributed by atoms with E-state index in [-0.39, 0.29) is 5.41 Å². The lowest BCUT2D eigenvalue weighted by Crippen LogP contribution is -2.28. The van der Waals surface area contributed by atoms with Gasteiger partial charge in [0.15, 0.2) is 0 Å². The number of fused-ring (bicyclic) bond motifs is 7. The second-order valence-corrected chi connectivity index (χ2v) is 18.1. The van der Waals surface area contributed by atoms with Crippen LogP contribution < -0.4 is 9.80 Å². The molecular formula is C63H46N2. The van der Waals surface area contributed by atoms with E-state index in [1.807, 2.05) is 0 Å². The molecule has 1 saturated carbocycles. The molecule has 0 amide bonds. The molecule has 0 radical (unpaired) electrons. The number of aryl methyl sites for hydroxylation is 1. The third-order valence-corrected chi connectivity index (χ3v) is 14.6. The minimum Gasteiger partial charge on any atom is -0.310 e. The normalized spacial score (nSPS) is 14.4. The van der Waals surface area contributed by atoms with Gasteiger partial charge in [0.05, 0.1) is 11.1 Å². The molecule has 0 aromatic heterocycles. The molecule has 10 aromatic rings. The van der Waals surface area contributed by atoms with E-state index in [4.69, 9.17) is 0 Å². The summed E-state index contributed by atoms with van der Waals surface area (Å²) in [6.45, 7) is 2.16. The Hall–Kier alpha value is -7.94. The van der Waals surface area contributed by atoms with Gasteiger partial charge in [0.1, 0.15) is 0 Å². The van der Waals surface area contributed by atoms with E-state index in [0.717, 1.165) is 35.6 Å². The van der Waals surface area contributed by atoms with Crippen molar-refractivity contribution in [1.29, 1.82) is 0 Å². The quantitative estimate of drug-likeness (QED) is 0.151. The number of hydrogen-bond acceptors (Lipinski definition) is 2. The SMILES string of the molecule is Cc1ccc(N(c2ccccc2)c2ccc3c4c(cccc24)C2(CC2)c2cc(N(c4ccccc4)c4ccc5c(c4)C(c4ccccc4)(c4ccccc4)c4ccccc4-5)ccc2-3)cc1. The van der Waals surface area contributed by atoms with Gasteiger partial charge in [0.25, 0.3) is 0 Å². The van der Waals surface area contributed by atoms with Crippen molar-refractivity contribution < 1.29 is 0 Å². The Morgan fingerprint density at radius 2 is 0.815 bits per heavy atom. The molecule has 3 aliphatic rings. The van der Waals surface area contributed by atoms with Gasteiger partial charge >= 0.3 is 0 Å². The van der Waals surface area contributed by atoms with Crippen LogP contribution in [0.3, 0.4) is 0 Å². The highest BCUT2D eigenvalue weighted by molar-refractivity contribution is 6.11. The summed E-state index contributed by atoms with van der Waals surface area (Å²) in [6, 6.07) is 88.2. The molecule has 0 N–H and O–H groups in total. The predicted octanol–water partition coefficient (Wildman–Crippen LogP) is 16.5. The van der Waals surface area contributed by atoms with Crippen molar-refractivity contribution >= 4 is 44.9 Å². The van der Waals surface area contributed by atoms with Gasteiger partial charge in [-0.3, -0.25) is 0 Å². The lowest BCUT2D eigenvalue weighted by Gasteiger charge is -2.35. The molecule has 13 rings (SSSR count). The Bertz CT molecular complexity index is 3390. The van der Waals surface area contributed by atoms with Gasteiger partial charge in [0, 0.05) is 39.2 Å². The van der Waals surface area contributed by atoms with Crippen molar-refractivity contribution in [3.05, 3.63) is 276 Å². The maximum Gasteiger partial charge on any atom is 0.0714 e. The maximum absolute atomic E-state index is 2.53. The molecule has 0 unspecified atom stereocenters. The summed E-state index contributed by atoms with van der Waals surface area (Å²) in [5.74, 6) is 0. The summed E-state index contributed by atoms with van der Waals surface area (Å²) in [7, 11) is 0. The Balaban J connectivity index is 0.997. The van der Waals surface area contributed by atoms with Crippen molar-refractivity contribution in [2.24, 2.45) is 0 Å². The number of rotatable bonds is 8. The molecular weight excluding hydrogens is 785 g/mol. The van der Waals surface area contributed by atoms with Crippen LogP contribution in [0, 0.1) is 6.92 Å². The molecule has 1 fully saturated rings. The van der Waals surface area contributed by atoms with E-state index < -0.39 is 5.41 Å². The first kappa shape index (κ1) is 37.6. The Labute approximate surface area is 381 Å². The van der Waals surface area contributed by atoms with Gasteiger partial charge in [-0.05, 0) is 148 Å². The zero-order valence-corrected chi connectivity index (χ0v) is 36.3. The van der Waals surface area contributed by atoms with Crippen LogP contribution in [0.25, 0.3) is 33.0 Å². The molecule has 10 aromatic carbocycles. The van der Waals surface area contributed by atoms with E-state index in [1.165, 1.54) is 83.3 Å².